The van der Waals surface area contributed by atoms with Crippen LogP contribution in [0.4, 0.5) is 0 Å². The zero-order valence-electron chi connectivity index (χ0n) is 4.07. The van der Waals surface area contributed by atoms with Gasteiger partial charge in [-0.05, 0) is 0 Å². The quantitative estimate of drug-likeness (QED) is 0.503. The van der Waals surface area contributed by atoms with Crippen molar-refractivity contribution >= 4 is 52.2 Å². The highest BCUT2D eigenvalue weighted by molar-refractivity contribution is 6.61. The van der Waals surface area contributed by atoms with Crippen molar-refractivity contribution in [1.29, 1.82) is 0 Å². The molecule has 0 aromatic heterocycles. The minimum Gasteiger partial charge on any atom is -0.290 e. The molecule has 0 radical (unpaired) electrons. The van der Waals surface area contributed by atoms with E-state index < -0.39 is 10.6 Å². The van der Waals surface area contributed by atoms with E-state index in [9.17, 15) is 4.79 Å². The first kappa shape index (κ1) is 9.57. The predicted molar refractivity (Wildman–Crippen MR) is 40.3 cm³/mol. The van der Waals surface area contributed by atoms with E-state index in [4.69, 9.17) is 46.4 Å². The van der Waals surface area contributed by atoms with Crippen molar-refractivity contribution in [2.45, 2.75) is 4.84 Å². The zero-order chi connectivity index (χ0) is 7.44. The molecule has 0 saturated carbocycles. The molecule has 0 aliphatic rings. The van der Waals surface area contributed by atoms with Crippen LogP contribution in [0.1, 0.15) is 0 Å². The maximum Gasteiger partial charge on any atom is 0.207 e. The summed E-state index contributed by atoms with van der Waals surface area (Å²) in [5.74, 6) is -0.588. The lowest BCUT2D eigenvalue weighted by molar-refractivity contribution is -0.113. The van der Waals surface area contributed by atoms with Crippen LogP contribution in [-0.2, 0) is 4.79 Å². The van der Waals surface area contributed by atoms with Gasteiger partial charge in [0, 0.05) is 5.54 Å². The van der Waals surface area contributed by atoms with Gasteiger partial charge in [0.25, 0.3) is 0 Å². The van der Waals surface area contributed by atoms with Gasteiger partial charge in [0.15, 0.2) is 4.84 Å². The second kappa shape index (κ2) is 4.40. The standard InChI is InChI=1S/C4H2Cl4O/c5-1-2(6)3(9)4(7)8/h1,4H. The number of allylic oxidation sites excluding steroid dienone is 1. The third-order valence-electron chi connectivity index (χ3n) is 0.529. The van der Waals surface area contributed by atoms with Gasteiger partial charge in [0.05, 0.1) is 5.03 Å². The van der Waals surface area contributed by atoms with Crippen molar-refractivity contribution in [2.24, 2.45) is 0 Å². The molecule has 0 spiro atoms. The van der Waals surface area contributed by atoms with Gasteiger partial charge in [-0.25, -0.2) is 0 Å². The zero-order valence-corrected chi connectivity index (χ0v) is 7.10. The Morgan fingerprint density at radius 3 is 2.00 bits per heavy atom. The van der Waals surface area contributed by atoms with Crippen molar-refractivity contribution in [1.82, 2.24) is 0 Å². The van der Waals surface area contributed by atoms with Crippen molar-refractivity contribution in [3.05, 3.63) is 10.6 Å². The van der Waals surface area contributed by atoms with E-state index in [1.807, 2.05) is 0 Å². The molecule has 0 N–H and O–H groups in total. The molecule has 0 heterocycles. The first-order valence-electron chi connectivity index (χ1n) is 1.88. The van der Waals surface area contributed by atoms with Gasteiger partial charge in [-0.15, -0.1) is 0 Å². The number of halogens is 4. The minimum atomic E-state index is -1.13. The van der Waals surface area contributed by atoms with Gasteiger partial charge in [-0.3, -0.25) is 4.79 Å². The summed E-state index contributed by atoms with van der Waals surface area (Å²) in [7, 11) is 0. The molecular weight excluding hydrogens is 206 g/mol. The number of carbonyl (C=O) groups is 1. The van der Waals surface area contributed by atoms with Crippen LogP contribution in [0.2, 0.25) is 0 Å². The van der Waals surface area contributed by atoms with Crippen LogP contribution in [0, 0.1) is 0 Å². The lowest BCUT2D eigenvalue weighted by Crippen LogP contribution is -2.06. The van der Waals surface area contributed by atoms with Crippen molar-refractivity contribution in [3.63, 3.8) is 0 Å². The van der Waals surface area contributed by atoms with Crippen LogP contribution in [0.5, 0.6) is 0 Å². The second-order valence-corrected chi connectivity index (χ2v) is 2.84. The van der Waals surface area contributed by atoms with Crippen LogP contribution in [0.15, 0.2) is 10.6 Å². The summed E-state index contributed by atoms with van der Waals surface area (Å²) in [5.41, 5.74) is 0.918. The highest BCUT2D eigenvalue weighted by atomic mass is 35.5. The molecule has 0 aliphatic heterocycles. The Kier molecular flexibility index (Phi) is 4.67. The smallest absolute Gasteiger partial charge is 0.207 e. The Morgan fingerprint density at radius 1 is 1.44 bits per heavy atom. The van der Waals surface area contributed by atoms with Crippen LogP contribution in [0.25, 0.3) is 0 Å². The molecule has 0 aromatic carbocycles. The highest BCUT2D eigenvalue weighted by Gasteiger charge is 2.14. The number of hydrogen-bond donors (Lipinski definition) is 0. The normalized spacial score (nSPS) is 12.3. The average molecular weight is 208 g/mol. The lowest BCUT2D eigenvalue weighted by atomic mass is 10.4. The van der Waals surface area contributed by atoms with E-state index in [1.54, 1.807) is 0 Å². The molecule has 0 unspecified atom stereocenters. The Labute approximate surface area is 72.5 Å². The van der Waals surface area contributed by atoms with Gasteiger partial charge >= 0.3 is 0 Å². The summed E-state index contributed by atoms with van der Waals surface area (Å²) in [4.78, 5) is 9.39. The van der Waals surface area contributed by atoms with Crippen molar-refractivity contribution in [2.75, 3.05) is 0 Å². The molecule has 0 aliphatic carbocycles. The van der Waals surface area contributed by atoms with Crippen molar-refractivity contribution < 1.29 is 4.79 Å². The maximum atomic E-state index is 10.5. The Bertz CT molecular complexity index is 140. The number of hydrogen-bond acceptors (Lipinski definition) is 1. The monoisotopic (exact) mass is 206 g/mol. The van der Waals surface area contributed by atoms with Gasteiger partial charge in [0.1, 0.15) is 0 Å². The molecule has 52 valence electrons. The van der Waals surface area contributed by atoms with E-state index in [0.717, 1.165) is 5.54 Å². The topological polar surface area (TPSA) is 17.1 Å². The second-order valence-electron chi connectivity index (χ2n) is 1.12. The lowest BCUT2D eigenvalue weighted by Gasteiger charge is -1.94. The van der Waals surface area contributed by atoms with Crippen LogP contribution in [-0.4, -0.2) is 10.6 Å². The summed E-state index contributed by atoms with van der Waals surface area (Å²) in [6, 6.07) is 0. The van der Waals surface area contributed by atoms with Crippen molar-refractivity contribution in [3.8, 4) is 0 Å². The van der Waals surface area contributed by atoms with E-state index in [2.05, 4.69) is 0 Å². The van der Waals surface area contributed by atoms with Gasteiger partial charge in [-0.2, -0.15) is 0 Å². The SMILES string of the molecule is O=C(C(Cl)=CCl)C(Cl)Cl. The summed E-state index contributed by atoms with van der Waals surface area (Å²) in [5, 5.41) is -0.160. The minimum absolute atomic E-state index is 0.160. The molecule has 9 heavy (non-hydrogen) atoms. The molecule has 1 nitrogen and oxygen atoms in total. The van der Waals surface area contributed by atoms with E-state index >= 15 is 0 Å². The Hall–Kier alpha value is 0.570. The molecule has 0 saturated heterocycles. The maximum absolute atomic E-state index is 10.5. The molecular formula is C4H2Cl4O. The largest absolute Gasteiger partial charge is 0.290 e. The molecule has 0 bridgehead atoms. The fourth-order valence-corrected chi connectivity index (χ4v) is 0.721. The van der Waals surface area contributed by atoms with E-state index in [0.29, 0.717) is 0 Å². The molecule has 0 amide bonds. The molecule has 0 aromatic rings. The molecule has 0 atom stereocenters. The molecule has 0 fully saturated rings. The van der Waals surface area contributed by atoms with E-state index in [1.165, 1.54) is 0 Å². The van der Waals surface area contributed by atoms with Crippen LogP contribution >= 0.6 is 46.4 Å². The predicted octanol–water partition coefficient (Wildman–Crippen LogP) is 2.68. The van der Waals surface area contributed by atoms with Gasteiger partial charge < -0.3 is 0 Å². The van der Waals surface area contributed by atoms with Gasteiger partial charge in [0.2, 0.25) is 5.78 Å². The number of rotatable bonds is 2. The molecule has 5 heteroatoms. The number of carbonyl (C=O) groups excluding carboxylic acids is 1. The molecule has 0 rings (SSSR count). The highest BCUT2D eigenvalue weighted by Crippen LogP contribution is 2.13. The Balaban J connectivity index is 4.06. The van der Waals surface area contributed by atoms with Crippen LogP contribution < -0.4 is 0 Å². The fraction of sp³-hybridized carbons (Fsp3) is 0.250. The Morgan fingerprint density at radius 2 is 1.89 bits per heavy atom. The average Bonchev–Trinajstić information content (AvgIpc) is 1.84. The summed E-state index contributed by atoms with van der Waals surface area (Å²) < 4.78 is 0. The fourth-order valence-electron chi connectivity index (χ4n) is 0.158. The third-order valence-corrected chi connectivity index (χ3v) is 1.55. The number of Topliss-reactive ketones (excluding diaryl/α,β-unsaturated/α-hetero) is 1. The first-order valence-corrected chi connectivity index (χ1v) is 3.56. The summed E-state index contributed by atoms with van der Waals surface area (Å²) >= 11 is 20.5. The summed E-state index contributed by atoms with van der Waals surface area (Å²) in [6.07, 6.45) is 0. The summed E-state index contributed by atoms with van der Waals surface area (Å²) in [6.45, 7) is 0. The number of alkyl halides is 2. The van der Waals surface area contributed by atoms with Crippen LogP contribution in [0.3, 0.4) is 0 Å². The first-order chi connectivity index (χ1) is 4.09. The van der Waals surface area contributed by atoms with E-state index in [-0.39, 0.29) is 5.03 Å². The number of ketones is 1. The third kappa shape index (κ3) is 3.31. The van der Waals surface area contributed by atoms with Gasteiger partial charge in [-0.1, -0.05) is 46.4 Å².